The second-order valence-electron chi connectivity index (χ2n) is 10.1. The van der Waals surface area contributed by atoms with Crippen LogP contribution in [0.1, 0.15) is 49.7 Å². The van der Waals surface area contributed by atoms with Crippen molar-refractivity contribution in [2.75, 3.05) is 26.3 Å². The maximum atomic E-state index is 12.2. The van der Waals surface area contributed by atoms with Gasteiger partial charge in [0.05, 0.1) is 18.8 Å². The van der Waals surface area contributed by atoms with Crippen molar-refractivity contribution in [3.63, 3.8) is 0 Å². The lowest BCUT2D eigenvalue weighted by Gasteiger charge is -2.26. The number of rotatable bonds is 9. The summed E-state index contributed by atoms with van der Waals surface area (Å²) < 4.78 is 5.70. The van der Waals surface area contributed by atoms with Gasteiger partial charge in [0.2, 0.25) is 5.91 Å². The normalized spacial score (nSPS) is 28.2. The predicted octanol–water partition coefficient (Wildman–Crippen LogP) is 3.82. The van der Waals surface area contributed by atoms with Crippen molar-refractivity contribution in [1.82, 2.24) is 4.90 Å². The van der Waals surface area contributed by atoms with Crippen LogP contribution >= 0.6 is 0 Å². The summed E-state index contributed by atoms with van der Waals surface area (Å²) in [7, 11) is 0. The molecule has 4 rings (SSSR count). The molecule has 1 saturated heterocycles. The van der Waals surface area contributed by atoms with E-state index in [0.717, 1.165) is 50.8 Å². The highest BCUT2D eigenvalue weighted by Gasteiger charge is 2.43. The third-order valence-corrected chi connectivity index (χ3v) is 7.53. The highest BCUT2D eigenvalue weighted by atomic mass is 16.5. The molecule has 0 radical (unpaired) electrons. The number of allylic oxidation sites excluding steroid dienone is 1. The third-order valence-electron chi connectivity index (χ3n) is 7.53. The molecule has 1 aliphatic heterocycles. The molecule has 2 aliphatic carbocycles. The first-order chi connectivity index (χ1) is 16.0. The van der Waals surface area contributed by atoms with Crippen molar-refractivity contribution < 1.29 is 19.7 Å². The van der Waals surface area contributed by atoms with E-state index in [9.17, 15) is 15.0 Å². The van der Waals surface area contributed by atoms with Gasteiger partial charge < -0.3 is 19.8 Å². The van der Waals surface area contributed by atoms with E-state index in [-0.39, 0.29) is 24.5 Å². The number of likely N-dealkylation sites (tertiary alicyclic amines) is 1. The van der Waals surface area contributed by atoms with E-state index in [0.29, 0.717) is 24.9 Å². The van der Waals surface area contributed by atoms with E-state index >= 15 is 0 Å². The van der Waals surface area contributed by atoms with Gasteiger partial charge in [-0.05, 0) is 62.8 Å². The fourth-order valence-electron chi connectivity index (χ4n) is 5.79. The van der Waals surface area contributed by atoms with E-state index in [2.05, 4.69) is 25.1 Å². The number of carbonyl (C=O) groups is 1. The maximum absolute atomic E-state index is 12.2. The number of fused-ring (bicyclic) bond motifs is 1. The largest absolute Gasteiger partial charge is 0.392 e. The molecule has 5 heteroatoms. The third kappa shape index (κ3) is 6.56. The monoisotopic (exact) mass is 453 g/mol. The van der Waals surface area contributed by atoms with Gasteiger partial charge >= 0.3 is 0 Å². The van der Waals surface area contributed by atoms with Crippen LogP contribution in [0.15, 0.2) is 48.1 Å². The van der Waals surface area contributed by atoms with Gasteiger partial charge in [0.25, 0.3) is 0 Å². The second-order valence-corrected chi connectivity index (χ2v) is 10.1. The molecule has 0 bridgehead atoms. The molecule has 0 unspecified atom stereocenters. The Morgan fingerprint density at radius 2 is 2.09 bits per heavy atom. The summed E-state index contributed by atoms with van der Waals surface area (Å²) in [6.07, 6.45) is 12.0. The maximum Gasteiger partial charge on any atom is 0.248 e. The van der Waals surface area contributed by atoms with Crippen LogP contribution in [0.5, 0.6) is 0 Å². The lowest BCUT2D eigenvalue weighted by molar-refractivity contribution is -0.137. The molecule has 2 fully saturated rings. The highest BCUT2D eigenvalue weighted by molar-refractivity contribution is 5.77. The minimum atomic E-state index is -0.544. The summed E-state index contributed by atoms with van der Waals surface area (Å²) in [5.41, 5.74) is 3.70. The molecule has 0 spiro atoms. The Morgan fingerprint density at radius 1 is 1.27 bits per heavy atom. The summed E-state index contributed by atoms with van der Waals surface area (Å²) in [5.74, 6) is 0.989. The molecule has 5 nitrogen and oxygen atoms in total. The zero-order valence-corrected chi connectivity index (χ0v) is 19.9. The molecular weight excluding hydrogens is 414 g/mol. The van der Waals surface area contributed by atoms with Gasteiger partial charge in [0.15, 0.2) is 0 Å². The van der Waals surface area contributed by atoms with Crippen LogP contribution in [0, 0.1) is 24.7 Å². The van der Waals surface area contributed by atoms with Gasteiger partial charge in [0, 0.05) is 25.4 Å². The average molecular weight is 454 g/mol. The number of aliphatic hydroxyl groups excluding tert-OH is 2. The number of hydrogen-bond donors (Lipinski definition) is 2. The first-order valence-corrected chi connectivity index (χ1v) is 12.6. The number of ether oxygens (including phenoxy) is 1. The number of carbonyl (C=O) groups excluding carboxylic acids is 1. The smallest absolute Gasteiger partial charge is 0.248 e. The highest BCUT2D eigenvalue weighted by Crippen LogP contribution is 2.47. The summed E-state index contributed by atoms with van der Waals surface area (Å²) in [4.78, 5) is 14.1. The van der Waals surface area contributed by atoms with Crippen molar-refractivity contribution >= 4 is 5.91 Å². The van der Waals surface area contributed by atoms with Crippen LogP contribution in [-0.4, -0.2) is 59.5 Å². The Hall–Kier alpha value is -1.95. The van der Waals surface area contributed by atoms with Gasteiger partial charge in [-0.15, -0.1) is 0 Å². The van der Waals surface area contributed by atoms with E-state index in [1.54, 1.807) is 0 Å². The Kier molecular flexibility index (Phi) is 8.39. The topological polar surface area (TPSA) is 70.0 Å². The first-order valence-electron chi connectivity index (χ1n) is 12.6. The molecular formula is C28H39NO4. The van der Waals surface area contributed by atoms with Gasteiger partial charge in [-0.2, -0.15) is 0 Å². The van der Waals surface area contributed by atoms with Crippen molar-refractivity contribution in [1.29, 1.82) is 0 Å². The average Bonchev–Trinajstić information content (AvgIpc) is 3.32. The van der Waals surface area contributed by atoms with Gasteiger partial charge in [0.1, 0.15) is 6.61 Å². The van der Waals surface area contributed by atoms with E-state index in [1.807, 2.05) is 29.2 Å². The molecule has 0 aromatic heterocycles. The van der Waals surface area contributed by atoms with Crippen LogP contribution < -0.4 is 0 Å². The quantitative estimate of drug-likeness (QED) is 0.441. The molecule has 2 N–H and O–H groups in total. The predicted molar refractivity (Wildman–Crippen MR) is 130 cm³/mol. The molecule has 5 atom stereocenters. The standard InChI is InChI=1S/C28H39NO4/c1-20-6-5-7-21(14-20)16-24(30)8-9-25-26-17-22(15-23(26)18-27(25)31)10-13-33-19-28(32)29-11-3-2-4-12-29/h5-9,14-15,23-27,30-31H,2-4,10-13,16-19H2,1H3/t23-,24+,25+,26-,27+/m0/s1. The molecule has 3 aliphatic rings. The molecule has 180 valence electrons. The zero-order valence-electron chi connectivity index (χ0n) is 19.9. The Bertz CT molecular complexity index is 857. The number of benzene rings is 1. The zero-order chi connectivity index (χ0) is 23.2. The second kappa shape index (κ2) is 11.5. The minimum absolute atomic E-state index is 0.0810. The van der Waals surface area contributed by atoms with Crippen LogP contribution in [0.4, 0.5) is 0 Å². The summed E-state index contributed by atoms with van der Waals surface area (Å²) in [6.45, 7) is 4.55. The summed E-state index contributed by atoms with van der Waals surface area (Å²) in [6, 6.07) is 8.22. The Balaban J connectivity index is 1.21. The SMILES string of the molecule is Cc1cccc(C[C@H](O)C=C[C@@H]2[C@H]3CC(CCOCC(=O)N4CCCCC4)=C[C@H]3C[C@H]2O)c1. The van der Waals surface area contributed by atoms with Crippen molar-refractivity contribution in [2.45, 2.75) is 64.1 Å². The Labute approximate surface area is 198 Å². The number of aryl methyl sites for hydroxylation is 1. The van der Waals surface area contributed by atoms with E-state index in [4.69, 9.17) is 4.74 Å². The summed E-state index contributed by atoms with van der Waals surface area (Å²) in [5, 5.41) is 21.1. The number of piperidine rings is 1. The van der Waals surface area contributed by atoms with Crippen molar-refractivity contribution in [3.05, 3.63) is 59.2 Å². The number of nitrogens with zero attached hydrogens (tertiary/aromatic N) is 1. The molecule has 1 saturated carbocycles. The van der Waals surface area contributed by atoms with Gasteiger partial charge in [-0.1, -0.05) is 53.6 Å². The van der Waals surface area contributed by atoms with Gasteiger partial charge in [-0.3, -0.25) is 4.79 Å². The Morgan fingerprint density at radius 3 is 2.88 bits per heavy atom. The summed E-state index contributed by atoms with van der Waals surface area (Å²) >= 11 is 0. The van der Waals surface area contributed by atoms with Crippen LogP contribution in [-0.2, 0) is 16.0 Å². The lowest BCUT2D eigenvalue weighted by atomic mass is 9.88. The molecule has 33 heavy (non-hydrogen) atoms. The van der Waals surface area contributed by atoms with Crippen LogP contribution in [0.2, 0.25) is 0 Å². The number of amides is 1. The number of aliphatic hydroxyl groups is 2. The van der Waals surface area contributed by atoms with Gasteiger partial charge in [-0.25, -0.2) is 0 Å². The van der Waals surface area contributed by atoms with E-state index < -0.39 is 6.10 Å². The van der Waals surface area contributed by atoms with Crippen LogP contribution in [0.3, 0.4) is 0 Å². The number of hydrogen-bond acceptors (Lipinski definition) is 4. The van der Waals surface area contributed by atoms with Crippen molar-refractivity contribution in [2.24, 2.45) is 17.8 Å². The molecule has 1 heterocycles. The van der Waals surface area contributed by atoms with E-state index in [1.165, 1.54) is 17.6 Å². The lowest BCUT2D eigenvalue weighted by Crippen LogP contribution is -2.38. The molecule has 1 amide bonds. The van der Waals surface area contributed by atoms with Crippen molar-refractivity contribution in [3.8, 4) is 0 Å². The van der Waals surface area contributed by atoms with Crippen LogP contribution in [0.25, 0.3) is 0 Å². The molecule has 1 aromatic rings. The molecule has 1 aromatic carbocycles. The minimum Gasteiger partial charge on any atom is -0.392 e. The first kappa shape index (κ1) is 24.2. The fourth-order valence-corrected chi connectivity index (χ4v) is 5.79. The fraction of sp³-hybridized carbons (Fsp3) is 0.607.